The highest BCUT2D eigenvalue weighted by molar-refractivity contribution is 5.99. The number of hydrogen-bond acceptors (Lipinski definition) is 9. The number of fused-ring (bicyclic) bond motifs is 3. The molecule has 0 N–H and O–H groups in total. The van der Waals surface area contributed by atoms with Crippen molar-refractivity contribution in [1.29, 1.82) is 0 Å². The number of halogens is 2. The van der Waals surface area contributed by atoms with Gasteiger partial charge in [-0.25, -0.2) is 8.78 Å². The van der Waals surface area contributed by atoms with Crippen LogP contribution in [0.5, 0.6) is 0 Å². The van der Waals surface area contributed by atoms with E-state index in [0.29, 0.717) is 23.7 Å². The second kappa shape index (κ2) is 27.2. The molecule has 0 radical (unpaired) electrons. The van der Waals surface area contributed by atoms with Crippen molar-refractivity contribution in [2.45, 2.75) is 124 Å². The maximum absolute atomic E-state index is 13.9. The molecule has 3 aromatic heterocycles. The van der Waals surface area contributed by atoms with Crippen LogP contribution in [0, 0.1) is 39.3 Å². The van der Waals surface area contributed by atoms with Crippen LogP contribution in [0.3, 0.4) is 0 Å². The molecule has 0 bridgehead atoms. The third-order valence-corrected chi connectivity index (χ3v) is 18.0. The number of benzene rings is 3. The van der Waals surface area contributed by atoms with Crippen molar-refractivity contribution in [3.05, 3.63) is 159 Å². The van der Waals surface area contributed by atoms with Crippen LogP contribution in [-0.2, 0) is 38.9 Å². The number of carbonyl (C=O) groups is 3. The third-order valence-electron chi connectivity index (χ3n) is 18.0. The zero-order valence-corrected chi connectivity index (χ0v) is 48.9. The van der Waals surface area contributed by atoms with Gasteiger partial charge in [-0.15, -0.1) is 0 Å². The molecule has 6 heterocycles. The molecule has 3 saturated heterocycles. The topological polar surface area (TPSA) is 85.4 Å². The van der Waals surface area contributed by atoms with Crippen molar-refractivity contribution in [3.63, 3.8) is 0 Å². The monoisotopic (exact) mass is 1100 g/mol. The molecule has 0 spiro atoms. The van der Waals surface area contributed by atoms with E-state index in [-0.39, 0.29) is 5.78 Å². The maximum atomic E-state index is 13.9. The van der Waals surface area contributed by atoms with Crippen molar-refractivity contribution in [3.8, 4) is 0 Å². The maximum Gasteiger partial charge on any atom is 0.164 e. The average molecular weight is 1100 g/mol. The Morgan fingerprint density at radius 3 is 1.17 bits per heavy atom. The summed E-state index contributed by atoms with van der Waals surface area (Å²) in [5, 5.41) is 0. The summed E-state index contributed by atoms with van der Waals surface area (Å²) in [5.41, 5.74) is 15.3. The molecule has 3 fully saturated rings. The molecule has 14 heteroatoms. The number of carbonyl (C=O) groups excluding carboxylic acids is 3. The largest absolute Gasteiger partial charge is 0.369 e. The number of Topliss-reactive ketones (excluding diaryl/α,β-unsaturated/α-hetero) is 3. The lowest BCUT2D eigenvalue weighted by molar-refractivity contribution is 0.0963. The Morgan fingerprint density at radius 2 is 0.741 bits per heavy atom. The quantitative estimate of drug-likeness (QED) is 0.0934. The summed E-state index contributed by atoms with van der Waals surface area (Å²) >= 11 is 0. The fourth-order valence-electron chi connectivity index (χ4n) is 13.4. The Kier molecular flexibility index (Phi) is 19.4. The normalized spacial score (nSPS) is 18.0. The van der Waals surface area contributed by atoms with Crippen molar-refractivity contribution < 1.29 is 23.2 Å². The smallest absolute Gasteiger partial charge is 0.164 e. The van der Waals surface area contributed by atoms with Crippen molar-refractivity contribution >= 4 is 34.4 Å². The molecule has 0 amide bonds. The Hall–Kier alpha value is -6.35. The van der Waals surface area contributed by atoms with Gasteiger partial charge in [0.1, 0.15) is 11.6 Å². The molecule has 0 unspecified atom stereocenters. The van der Waals surface area contributed by atoms with Crippen molar-refractivity contribution in [2.24, 2.45) is 0 Å². The molecular weight excluding hydrogens is 1020 g/mol. The molecule has 81 heavy (non-hydrogen) atoms. The van der Waals surface area contributed by atoms with Gasteiger partial charge in [-0.1, -0.05) is 35.4 Å². The van der Waals surface area contributed by atoms with Crippen LogP contribution in [-0.4, -0.2) is 144 Å². The predicted molar refractivity (Wildman–Crippen MR) is 323 cm³/mol. The van der Waals surface area contributed by atoms with Crippen LogP contribution < -0.4 is 14.7 Å². The lowest BCUT2D eigenvalue weighted by Crippen LogP contribution is -2.47. The van der Waals surface area contributed by atoms with Gasteiger partial charge in [0.25, 0.3) is 0 Å². The molecule has 0 saturated carbocycles. The Bertz CT molecular complexity index is 3110. The zero-order valence-electron chi connectivity index (χ0n) is 48.9. The van der Waals surface area contributed by atoms with Crippen LogP contribution in [0.4, 0.5) is 25.8 Å². The molecule has 3 aliphatic heterocycles. The van der Waals surface area contributed by atoms with E-state index >= 15 is 0 Å². The lowest BCUT2D eigenvalue weighted by Gasteiger charge is -2.37. The molecule has 3 aliphatic carbocycles. The zero-order chi connectivity index (χ0) is 56.4. The van der Waals surface area contributed by atoms with Crippen LogP contribution in [0.2, 0.25) is 0 Å². The Labute approximate surface area is 480 Å². The van der Waals surface area contributed by atoms with Gasteiger partial charge in [-0.05, 0) is 152 Å². The van der Waals surface area contributed by atoms with Crippen LogP contribution >= 0.6 is 0 Å². The molecule has 6 aliphatic rings. The second-order valence-corrected chi connectivity index (χ2v) is 23.7. The number of nitrogens with zero attached hydrogens (tertiary/aromatic N) is 9. The summed E-state index contributed by atoms with van der Waals surface area (Å²) in [6.07, 6.45) is 17.9. The minimum atomic E-state index is -0.534. The first-order valence-corrected chi connectivity index (χ1v) is 30.5. The highest BCUT2D eigenvalue weighted by Gasteiger charge is 2.26. The Morgan fingerprint density at radius 1 is 0.370 bits per heavy atom. The van der Waals surface area contributed by atoms with E-state index in [9.17, 15) is 23.2 Å². The van der Waals surface area contributed by atoms with Crippen LogP contribution in [0.1, 0.15) is 128 Å². The summed E-state index contributed by atoms with van der Waals surface area (Å²) < 4.78 is 33.9. The fraction of sp³-hybridized carbons (Fsp3) is 0.507. The number of anilines is 3. The first kappa shape index (κ1) is 57.9. The highest BCUT2D eigenvalue weighted by atomic mass is 19.1. The predicted octanol–water partition coefficient (Wildman–Crippen LogP) is 11.2. The van der Waals surface area contributed by atoms with Gasteiger partial charge in [0.15, 0.2) is 17.3 Å². The van der Waals surface area contributed by atoms with E-state index in [2.05, 4.69) is 121 Å². The number of rotatable bonds is 15. The summed E-state index contributed by atoms with van der Waals surface area (Å²) in [6.45, 7) is 27.1. The van der Waals surface area contributed by atoms with Crippen molar-refractivity contribution in [1.82, 2.24) is 28.4 Å². The van der Waals surface area contributed by atoms with E-state index in [4.69, 9.17) is 0 Å². The highest BCUT2D eigenvalue weighted by Crippen LogP contribution is 2.28. The van der Waals surface area contributed by atoms with E-state index in [1.807, 2.05) is 23.1 Å². The SMILES string of the molecule is Cc1ccc(N2CCN(CCCn3ccc4c3CCCC4=O)CC2)c(C)c1.Cc1ccc(N2CCN(CCn3ccc4c3CCCC4=O)CC2)c(C)c1.O=C1CCCc2c1ccn2CCCCN1CCN(c2ccc(F)cc2F)CC1. The van der Waals surface area contributed by atoms with Crippen LogP contribution in [0.15, 0.2) is 91.4 Å². The lowest BCUT2D eigenvalue weighted by atomic mass is 9.97. The van der Waals surface area contributed by atoms with Gasteiger partial charge in [0.05, 0.1) is 5.69 Å². The number of aromatic nitrogens is 3. The van der Waals surface area contributed by atoms with Crippen LogP contribution in [0.25, 0.3) is 0 Å². The van der Waals surface area contributed by atoms with E-state index < -0.39 is 11.6 Å². The number of unbranched alkanes of at least 4 members (excludes halogenated alkanes) is 1. The standard InChI is InChI=1S/C23H31N3O.C22H27F2N3O.C22H29N3O/c1-18-7-8-21(19(2)17-18)26-15-13-24(14-16-26)10-4-11-25-12-9-20-22(25)5-3-6-23(20)27;23-17-6-7-21(19(24)16-17)27-14-12-25(13-15-27)9-1-2-10-26-11-8-18-20(26)4-3-5-22(18)28;1-17-6-7-20(18(2)16-17)25-14-11-23(12-15-25)10-13-24-9-8-19-21(24)4-3-5-22(19)26/h7-9,12,17H,3-6,10-11,13-16H2,1-2H3;6-8,11,16H,1-5,9-10,12-15H2;6-9,16H,3-5,10-15H2,1-2H3. The van der Waals surface area contributed by atoms with Gasteiger partial charge in [-0.3, -0.25) is 29.1 Å². The number of aryl methyl sites for hydroxylation is 6. The van der Waals surface area contributed by atoms with Crippen molar-refractivity contribution in [2.75, 3.05) is 113 Å². The molecule has 12 rings (SSSR count). The fourth-order valence-corrected chi connectivity index (χ4v) is 13.4. The first-order chi connectivity index (χ1) is 39.3. The summed E-state index contributed by atoms with van der Waals surface area (Å²) in [5.74, 6) is -0.0738. The second-order valence-electron chi connectivity index (χ2n) is 23.7. The van der Waals surface area contributed by atoms with E-state index in [1.165, 1.54) is 62.8 Å². The van der Waals surface area contributed by atoms with E-state index in [1.54, 1.807) is 0 Å². The van der Waals surface area contributed by atoms with E-state index in [0.717, 1.165) is 211 Å². The summed E-state index contributed by atoms with van der Waals surface area (Å²) in [4.78, 5) is 50.5. The average Bonchev–Trinajstić information content (AvgIpc) is 4.30. The number of ketones is 3. The van der Waals surface area contributed by atoms with Gasteiger partial charge in [-0.2, -0.15) is 0 Å². The summed E-state index contributed by atoms with van der Waals surface area (Å²) in [6, 6.07) is 23.4. The van der Waals surface area contributed by atoms with Gasteiger partial charge in [0, 0.05) is 194 Å². The number of piperazine rings is 3. The van der Waals surface area contributed by atoms with Gasteiger partial charge < -0.3 is 28.4 Å². The summed E-state index contributed by atoms with van der Waals surface area (Å²) in [7, 11) is 0. The molecule has 3 aromatic carbocycles. The third kappa shape index (κ3) is 14.5. The molecule has 6 aromatic rings. The minimum absolute atomic E-state index is 0.287. The van der Waals surface area contributed by atoms with Gasteiger partial charge in [0.2, 0.25) is 0 Å². The minimum Gasteiger partial charge on any atom is -0.369 e. The number of hydrogen-bond donors (Lipinski definition) is 0. The molecule has 12 nitrogen and oxygen atoms in total. The molecular formula is C67H87F2N9O3. The molecule has 0 atom stereocenters. The molecule has 432 valence electrons. The van der Waals surface area contributed by atoms with Gasteiger partial charge >= 0.3 is 0 Å². The first-order valence-electron chi connectivity index (χ1n) is 30.5. The Balaban J connectivity index is 0.000000136.